The molecule has 0 bridgehead atoms. The molecule has 0 saturated heterocycles. The lowest BCUT2D eigenvalue weighted by atomic mass is 9.81. The van der Waals surface area contributed by atoms with Crippen molar-refractivity contribution in [2.75, 3.05) is 20.3 Å². The van der Waals surface area contributed by atoms with Crippen molar-refractivity contribution in [3.63, 3.8) is 0 Å². The first-order chi connectivity index (χ1) is 21.9. The maximum absolute atomic E-state index is 14.7. The number of fused-ring (bicyclic) bond motifs is 3. The molecule has 1 aliphatic heterocycles. The van der Waals surface area contributed by atoms with E-state index in [9.17, 15) is 19.1 Å². The molecule has 0 unspecified atom stereocenters. The Kier molecular flexibility index (Phi) is 7.18. The second kappa shape index (κ2) is 10.9. The van der Waals surface area contributed by atoms with Crippen LogP contribution in [0.2, 0.25) is 5.02 Å². The summed E-state index contributed by atoms with van der Waals surface area (Å²) >= 11 is 7.55. The summed E-state index contributed by atoms with van der Waals surface area (Å²) in [5.74, 6) is -0.824. The lowest BCUT2D eigenvalue weighted by Crippen LogP contribution is -2.44. The minimum Gasteiger partial charge on any atom is -0.494 e. The Morgan fingerprint density at radius 2 is 2.04 bits per heavy atom. The molecular formula is C34H30ClFN4O5S. The van der Waals surface area contributed by atoms with Gasteiger partial charge in [0.25, 0.3) is 5.91 Å². The number of nitrogens with zero attached hydrogens (tertiary/aromatic N) is 2. The summed E-state index contributed by atoms with van der Waals surface area (Å²) < 4.78 is 26.7. The molecule has 7 rings (SSSR count). The van der Waals surface area contributed by atoms with Gasteiger partial charge in [0.1, 0.15) is 46.1 Å². The van der Waals surface area contributed by atoms with Crippen LogP contribution in [0.25, 0.3) is 32.2 Å². The number of aliphatic hydroxyl groups is 1. The first kappa shape index (κ1) is 30.3. The highest BCUT2D eigenvalue weighted by atomic mass is 35.5. The summed E-state index contributed by atoms with van der Waals surface area (Å²) in [6.45, 7) is 3.30. The van der Waals surface area contributed by atoms with Gasteiger partial charge in [-0.2, -0.15) is 0 Å². The van der Waals surface area contributed by atoms with Gasteiger partial charge in [0.15, 0.2) is 0 Å². The smallest absolute Gasteiger partial charge is 0.251 e. The zero-order valence-corrected chi connectivity index (χ0v) is 26.8. The van der Waals surface area contributed by atoms with Crippen molar-refractivity contribution in [3.8, 4) is 22.8 Å². The van der Waals surface area contributed by atoms with Gasteiger partial charge in [0.2, 0.25) is 5.91 Å². The monoisotopic (exact) mass is 660 g/mol. The summed E-state index contributed by atoms with van der Waals surface area (Å²) in [5.41, 5.74) is 6.33. The van der Waals surface area contributed by atoms with Gasteiger partial charge in [-0.1, -0.05) is 23.7 Å². The Labute approximate surface area is 272 Å². The standard InChI is InChI=1S/C34H30ClFN4O5S/c1-16-23(35)10-17-9-18(11-25(44-3)27(17)39-16)31(41)38-14-34(43,19-7-8-19)26-12-22-29(45-15-33(22,2)32(37)42)28(40-26)21-13-46-30-20(21)5-4-6-24(30)36/h4-6,9-13,19,43H,7-8,14-15H2,1-3H3,(H2,37,42)(H,38,41)/t33-,34+/m0/s1. The first-order valence-electron chi connectivity index (χ1n) is 14.7. The molecule has 46 heavy (non-hydrogen) atoms. The fourth-order valence-corrected chi connectivity index (χ4v) is 7.25. The van der Waals surface area contributed by atoms with Crippen molar-refractivity contribution in [1.29, 1.82) is 0 Å². The number of aromatic nitrogens is 2. The number of hydrogen-bond acceptors (Lipinski definition) is 8. The number of carbonyl (C=O) groups excluding carboxylic acids is 2. The van der Waals surface area contributed by atoms with E-state index < -0.39 is 22.8 Å². The van der Waals surface area contributed by atoms with Gasteiger partial charge in [0, 0.05) is 32.8 Å². The van der Waals surface area contributed by atoms with E-state index in [-0.39, 0.29) is 30.6 Å². The number of carbonyl (C=O) groups is 2. The average Bonchev–Trinajstić information content (AvgIpc) is 3.72. The molecule has 1 saturated carbocycles. The highest BCUT2D eigenvalue weighted by Gasteiger charge is 2.50. The van der Waals surface area contributed by atoms with E-state index in [0.717, 1.165) is 0 Å². The number of benzene rings is 2. The number of nitrogens with two attached hydrogens (primary N) is 1. The van der Waals surface area contributed by atoms with Crippen LogP contribution in [0.3, 0.4) is 0 Å². The van der Waals surface area contributed by atoms with E-state index in [1.54, 1.807) is 55.6 Å². The predicted molar refractivity (Wildman–Crippen MR) is 174 cm³/mol. The maximum Gasteiger partial charge on any atom is 0.251 e. The van der Waals surface area contributed by atoms with Crippen molar-refractivity contribution < 1.29 is 28.6 Å². The van der Waals surface area contributed by atoms with Crippen LogP contribution in [0, 0.1) is 18.7 Å². The van der Waals surface area contributed by atoms with Crippen LogP contribution in [-0.2, 0) is 15.8 Å². The number of halogens is 2. The SMILES string of the molecule is COc1cc(C(=O)NC[C@](O)(c2cc3c(c(-c4csc5c(F)cccc45)n2)OC[C@]3(C)C(N)=O)C2CC2)cc2cc(Cl)c(C)nc12. The van der Waals surface area contributed by atoms with Crippen LogP contribution in [0.1, 0.15) is 47.1 Å². The fraction of sp³-hybridized carbons (Fsp3) is 0.294. The summed E-state index contributed by atoms with van der Waals surface area (Å²) in [6, 6.07) is 11.5. The van der Waals surface area contributed by atoms with Gasteiger partial charge < -0.3 is 25.6 Å². The molecular weight excluding hydrogens is 631 g/mol. The van der Waals surface area contributed by atoms with E-state index in [1.165, 1.54) is 24.5 Å². The Morgan fingerprint density at radius 3 is 2.76 bits per heavy atom. The molecule has 4 heterocycles. The number of pyridine rings is 2. The maximum atomic E-state index is 14.7. The van der Waals surface area contributed by atoms with Gasteiger partial charge in [-0.25, -0.2) is 14.4 Å². The van der Waals surface area contributed by atoms with Crippen LogP contribution in [-0.4, -0.2) is 47.2 Å². The molecule has 5 aromatic rings. The first-order valence-corrected chi connectivity index (χ1v) is 16.0. The van der Waals surface area contributed by atoms with E-state index in [4.69, 9.17) is 31.8 Å². The van der Waals surface area contributed by atoms with Crippen LogP contribution < -0.4 is 20.5 Å². The van der Waals surface area contributed by atoms with Crippen molar-refractivity contribution >= 4 is 55.7 Å². The third-order valence-corrected chi connectivity index (χ3v) is 10.5. The Balaban J connectivity index is 1.30. The number of hydrogen-bond donors (Lipinski definition) is 3. The molecule has 2 aliphatic rings. The van der Waals surface area contributed by atoms with E-state index in [2.05, 4.69) is 10.3 Å². The van der Waals surface area contributed by atoms with Gasteiger partial charge in [-0.3, -0.25) is 9.59 Å². The highest BCUT2D eigenvalue weighted by Crippen LogP contribution is 2.51. The summed E-state index contributed by atoms with van der Waals surface area (Å²) in [5, 5.41) is 18.7. The van der Waals surface area contributed by atoms with E-state index in [0.29, 0.717) is 78.4 Å². The molecule has 1 aliphatic carbocycles. The zero-order chi connectivity index (χ0) is 32.5. The normalized spacial score (nSPS) is 18.7. The number of nitrogens with one attached hydrogen (secondary N) is 1. The molecule has 236 valence electrons. The number of amides is 2. The molecule has 0 radical (unpaired) electrons. The largest absolute Gasteiger partial charge is 0.494 e. The fourth-order valence-electron chi connectivity index (χ4n) is 6.13. The Bertz CT molecular complexity index is 2100. The second-order valence-electron chi connectivity index (χ2n) is 12.2. The van der Waals surface area contributed by atoms with Crippen molar-refractivity contribution in [2.24, 2.45) is 11.7 Å². The average molecular weight is 661 g/mol. The van der Waals surface area contributed by atoms with Crippen LogP contribution in [0.15, 0.2) is 47.8 Å². The van der Waals surface area contributed by atoms with E-state index >= 15 is 0 Å². The predicted octanol–water partition coefficient (Wildman–Crippen LogP) is 5.78. The lowest BCUT2D eigenvalue weighted by molar-refractivity contribution is -0.123. The number of rotatable bonds is 8. The molecule has 1 fully saturated rings. The topological polar surface area (TPSA) is 137 Å². The number of primary amides is 1. The quantitative estimate of drug-likeness (QED) is 0.192. The molecule has 2 aromatic carbocycles. The van der Waals surface area contributed by atoms with Gasteiger partial charge in [-0.05, 0) is 62.9 Å². The highest BCUT2D eigenvalue weighted by molar-refractivity contribution is 7.17. The lowest BCUT2D eigenvalue weighted by Gasteiger charge is -2.30. The van der Waals surface area contributed by atoms with E-state index in [1.807, 2.05) is 0 Å². The van der Waals surface area contributed by atoms with Crippen molar-refractivity contribution in [1.82, 2.24) is 15.3 Å². The summed E-state index contributed by atoms with van der Waals surface area (Å²) in [7, 11) is 1.50. The minimum absolute atomic E-state index is 0.00693. The molecule has 9 nitrogen and oxygen atoms in total. The van der Waals surface area contributed by atoms with Crippen molar-refractivity contribution in [3.05, 3.63) is 81.2 Å². The molecule has 3 aromatic heterocycles. The molecule has 2 atom stereocenters. The van der Waals surface area contributed by atoms with Gasteiger partial charge in [0.05, 0.1) is 34.8 Å². The number of aryl methyl sites for hydroxylation is 1. The molecule has 2 amide bonds. The summed E-state index contributed by atoms with van der Waals surface area (Å²) in [6.07, 6.45) is 1.42. The summed E-state index contributed by atoms with van der Waals surface area (Å²) in [4.78, 5) is 35.7. The van der Waals surface area contributed by atoms with Gasteiger partial charge in [-0.15, -0.1) is 11.3 Å². The minimum atomic E-state index is -1.60. The third kappa shape index (κ3) is 4.76. The molecule has 0 spiro atoms. The Hall–Kier alpha value is -4.32. The van der Waals surface area contributed by atoms with Crippen LogP contribution >= 0.6 is 22.9 Å². The van der Waals surface area contributed by atoms with Crippen LogP contribution in [0.4, 0.5) is 4.39 Å². The molecule has 4 N–H and O–H groups in total. The number of methoxy groups -OCH3 is 1. The number of ether oxygens (including phenoxy) is 2. The van der Waals surface area contributed by atoms with Crippen molar-refractivity contribution in [2.45, 2.75) is 37.7 Å². The third-order valence-electron chi connectivity index (χ3n) is 9.13. The Morgan fingerprint density at radius 1 is 1.26 bits per heavy atom. The van der Waals surface area contributed by atoms with Gasteiger partial charge >= 0.3 is 0 Å². The van der Waals surface area contributed by atoms with Crippen LogP contribution in [0.5, 0.6) is 11.5 Å². The second-order valence-corrected chi connectivity index (χ2v) is 13.5. The number of thiophene rings is 1. The zero-order valence-electron chi connectivity index (χ0n) is 25.2. The molecule has 12 heteroatoms.